The lowest BCUT2D eigenvalue weighted by atomic mass is 9.97. The fraction of sp³-hybridized carbons (Fsp3) is 0.333. The van der Waals surface area contributed by atoms with Gasteiger partial charge in [-0.05, 0) is 38.7 Å². The van der Waals surface area contributed by atoms with E-state index in [2.05, 4.69) is 9.97 Å². The first-order chi connectivity index (χ1) is 15.5. The Kier molecular flexibility index (Phi) is 7.02. The molecule has 1 amide bonds. The summed E-state index contributed by atoms with van der Waals surface area (Å²) in [7, 11) is 0. The van der Waals surface area contributed by atoms with E-state index in [4.69, 9.17) is 16.6 Å². The molecule has 1 saturated heterocycles. The Bertz CT molecular complexity index is 1290. The van der Waals surface area contributed by atoms with Crippen LogP contribution in [-0.2, 0) is 6.42 Å². The number of aromatic nitrogens is 4. The van der Waals surface area contributed by atoms with Crippen molar-refractivity contribution in [1.82, 2.24) is 24.3 Å². The molecule has 0 bridgehead atoms. The van der Waals surface area contributed by atoms with Crippen LogP contribution in [0.4, 0.5) is 0 Å². The molecule has 6 nitrogen and oxygen atoms in total. The number of aryl methyl sites for hydroxylation is 2. The lowest BCUT2D eigenvalue weighted by molar-refractivity contribution is 0.0608. The topological polar surface area (TPSA) is 63.4 Å². The molecular formula is C24H25Cl2N5OS. The number of carbonyl (C=O) groups excluding carboxylic acids is 1. The van der Waals surface area contributed by atoms with Gasteiger partial charge in [0.25, 0.3) is 5.91 Å². The van der Waals surface area contributed by atoms with Gasteiger partial charge in [0.2, 0.25) is 0 Å². The molecule has 0 aliphatic carbocycles. The number of piperidine rings is 1. The number of amides is 1. The largest absolute Gasteiger partial charge is 0.334 e. The summed E-state index contributed by atoms with van der Waals surface area (Å²) in [5.74, 6) is 0.0163. The summed E-state index contributed by atoms with van der Waals surface area (Å²) in [6, 6.07) is 10.1. The maximum absolute atomic E-state index is 13.7. The Balaban J connectivity index is 0.00000259. The van der Waals surface area contributed by atoms with Crippen molar-refractivity contribution in [1.29, 1.82) is 0 Å². The number of hydrogen-bond acceptors (Lipinski definition) is 5. The van der Waals surface area contributed by atoms with Gasteiger partial charge in [-0.25, -0.2) is 15.0 Å². The van der Waals surface area contributed by atoms with Gasteiger partial charge in [0.1, 0.15) is 22.8 Å². The quantitative estimate of drug-likeness (QED) is 0.332. The van der Waals surface area contributed by atoms with Crippen LogP contribution in [-0.4, -0.2) is 42.7 Å². The number of imidazole rings is 1. The highest BCUT2D eigenvalue weighted by Gasteiger charge is 2.31. The molecule has 0 radical (unpaired) electrons. The summed E-state index contributed by atoms with van der Waals surface area (Å²) >= 11 is 7.74. The molecule has 1 aromatic carbocycles. The summed E-state index contributed by atoms with van der Waals surface area (Å²) in [4.78, 5) is 30.3. The SMILES string of the molecule is Cc1nc(C(=O)N2CCCC[C@H]2Cc2cn3cnc(Cl)c(C)c3n2)c(-c2ccccc2)s1.Cl. The number of hydrogen-bond donors (Lipinski definition) is 0. The Morgan fingerprint density at radius 1 is 1.18 bits per heavy atom. The maximum Gasteiger partial charge on any atom is 0.274 e. The molecule has 5 rings (SSSR count). The van der Waals surface area contributed by atoms with Gasteiger partial charge in [-0.1, -0.05) is 41.9 Å². The Morgan fingerprint density at radius 2 is 1.97 bits per heavy atom. The lowest BCUT2D eigenvalue weighted by Gasteiger charge is -2.35. The number of carbonyl (C=O) groups is 1. The van der Waals surface area contributed by atoms with Crippen molar-refractivity contribution in [3.8, 4) is 10.4 Å². The first-order valence-corrected chi connectivity index (χ1v) is 12.0. The third-order valence-corrected chi connectivity index (χ3v) is 7.43. The summed E-state index contributed by atoms with van der Waals surface area (Å²) < 4.78 is 1.91. The first kappa shape index (κ1) is 23.7. The van der Waals surface area contributed by atoms with Crippen molar-refractivity contribution in [2.45, 2.75) is 45.6 Å². The second kappa shape index (κ2) is 9.79. The average molecular weight is 502 g/mol. The van der Waals surface area contributed by atoms with E-state index in [1.165, 1.54) is 0 Å². The molecule has 1 aliphatic heterocycles. The lowest BCUT2D eigenvalue weighted by Crippen LogP contribution is -2.45. The number of rotatable bonds is 4. The van der Waals surface area contributed by atoms with E-state index in [0.717, 1.165) is 58.2 Å². The van der Waals surface area contributed by atoms with Crippen LogP contribution in [0, 0.1) is 13.8 Å². The van der Waals surface area contributed by atoms with Gasteiger partial charge in [-0.15, -0.1) is 23.7 Å². The summed E-state index contributed by atoms with van der Waals surface area (Å²) in [6.45, 7) is 4.63. The highest BCUT2D eigenvalue weighted by Crippen LogP contribution is 2.32. The van der Waals surface area contributed by atoms with Crippen LogP contribution in [0.5, 0.6) is 0 Å². The Labute approximate surface area is 208 Å². The Morgan fingerprint density at radius 3 is 2.76 bits per heavy atom. The van der Waals surface area contributed by atoms with Crippen LogP contribution in [0.2, 0.25) is 5.15 Å². The summed E-state index contributed by atoms with van der Waals surface area (Å²) in [6.07, 6.45) is 7.46. The summed E-state index contributed by atoms with van der Waals surface area (Å²) in [5.41, 5.74) is 4.22. The van der Waals surface area contributed by atoms with E-state index in [-0.39, 0.29) is 24.4 Å². The minimum atomic E-state index is 0. The molecule has 1 fully saturated rings. The van der Waals surface area contributed by atoms with E-state index >= 15 is 0 Å². The second-order valence-corrected chi connectivity index (χ2v) is 9.81. The molecule has 1 aliphatic rings. The van der Waals surface area contributed by atoms with Gasteiger partial charge >= 0.3 is 0 Å². The van der Waals surface area contributed by atoms with Crippen LogP contribution >= 0.6 is 35.3 Å². The number of nitrogens with zero attached hydrogens (tertiary/aromatic N) is 5. The number of halogens is 2. The fourth-order valence-corrected chi connectivity index (χ4v) is 5.47. The van der Waals surface area contributed by atoms with Crippen molar-refractivity contribution in [3.63, 3.8) is 0 Å². The Hall–Kier alpha value is -2.48. The highest BCUT2D eigenvalue weighted by molar-refractivity contribution is 7.15. The van der Waals surface area contributed by atoms with Crippen molar-refractivity contribution < 1.29 is 4.79 Å². The monoisotopic (exact) mass is 501 g/mol. The zero-order valence-corrected chi connectivity index (χ0v) is 20.9. The molecular weight excluding hydrogens is 477 g/mol. The van der Waals surface area contributed by atoms with E-state index in [1.807, 2.05) is 59.7 Å². The van der Waals surface area contributed by atoms with Crippen LogP contribution in [0.3, 0.4) is 0 Å². The fourth-order valence-electron chi connectivity index (χ4n) is 4.42. The van der Waals surface area contributed by atoms with Gasteiger partial charge in [0.15, 0.2) is 0 Å². The van der Waals surface area contributed by atoms with Crippen LogP contribution in [0.15, 0.2) is 42.9 Å². The van der Waals surface area contributed by atoms with Crippen LogP contribution < -0.4 is 0 Å². The smallest absolute Gasteiger partial charge is 0.274 e. The third-order valence-electron chi connectivity index (χ3n) is 6.03. The zero-order valence-electron chi connectivity index (χ0n) is 18.5. The molecule has 9 heteroatoms. The van der Waals surface area contributed by atoms with Gasteiger partial charge < -0.3 is 4.90 Å². The van der Waals surface area contributed by atoms with Crippen molar-refractivity contribution in [2.75, 3.05) is 6.54 Å². The molecule has 0 spiro atoms. The van der Waals surface area contributed by atoms with Gasteiger partial charge in [-0.2, -0.15) is 0 Å². The number of likely N-dealkylation sites (tertiary alicyclic amines) is 1. The first-order valence-electron chi connectivity index (χ1n) is 10.8. The average Bonchev–Trinajstić information content (AvgIpc) is 3.40. The standard InChI is InChI=1S/C24H24ClN5OS.ClH/c1-15-22(25)26-14-29-13-18(28-23(15)29)12-19-10-6-7-11-30(19)24(31)20-21(32-16(2)27-20)17-8-4-3-5-9-17;/h3-5,8-9,13-14,19H,6-7,10-12H2,1-2H3;1H/t19-;/m0./s1. The number of benzene rings is 1. The molecule has 3 aromatic heterocycles. The van der Waals surface area contributed by atoms with Crippen LogP contribution in [0.25, 0.3) is 16.1 Å². The normalized spacial score (nSPS) is 16.1. The van der Waals surface area contributed by atoms with E-state index in [1.54, 1.807) is 17.7 Å². The predicted octanol–water partition coefficient (Wildman–Crippen LogP) is 5.78. The third kappa shape index (κ3) is 4.63. The zero-order chi connectivity index (χ0) is 22.2. The predicted molar refractivity (Wildman–Crippen MR) is 135 cm³/mol. The summed E-state index contributed by atoms with van der Waals surface area (Å²) in [5, 5.41) is 1.37. The van der Waals surface area contributed by atoms with Gasteiger partial charge in [-0.3, -0.25) is 9.20 Å². The molecule has 172 valence electrons. The van der Waals surface area contributed by atoms with Crippen LogP contribution in [0.1, 0.15) is 46.0 Å². The maximum atomic E-state index is 13.7. The minimum Gasteiger partial charge on any atom is -0.334 e. The molecule has 4 aromatic rings. The molecule has 4 heterocycles. The molecule has 33 heavy (non-hydrogen) atoms. The number of fused-ring (bicyclic) bond motifs is 1. The van der Waals surface area contributed by atoms with E-state index in [9.17, 15) is 4.79 Å². The minimum absolute atomic E-state index is 0. The van der Waals surface area contributed by atoms with Crippen molar-refractivity contribution in [3.05, 3.63) is 70.0 Å². The van der Waals surface area contributed by atoms with Gasteiger partial charge in [0.05, 0.1) is 15.6 Å². The molecule has 0 saturated carbocycles. The van der Waals surface area contributed by atoms with Crippen molar-refractivity contribution in [2.24, 2.45) is 0 Å². The van der Waals surface area contributed by atoms with E-state index in [0.29, 0.717) is 17.3 Å². The van der Waals surface area contributed by atoms with Crippen molar-refractivity contribution >= 4 is 46.9 Å². The van der Waals surface area contributed by atoms with Gasteiger partial charge in [0, 0.05) is 30.8 Å². The second-order valence-electron chi connectivity index (χ2n) is 8.25. The molecule has 0 N–H and O–H groups in total. The van der Waals surface area contributed by atoms with E-state index < -0.39 is 0 Å². The number of thiazole rings is 1. The highest BCUT2D eigenvalue weighted by atomic mass is 35.5. The molecule has 1 atom stereocenters. The molecule has 0 unspecified atom stereocenters.